The Balaban J connectivity index is 0.000000148. The number of pyridine rings is 3. The maximum Gasteiger partial charge on any atom is 0.341 e. The van der Waals surface area contributed by atoms with E-state index in [9.17, 15) is 49.2 Å². The van der Waals surface area contributed by atoms with Crippen LogP contribution in [0.15, 0.2) is 212 Å². The van der Waals surface area contributed by atoms with Gasteiger partial charge in [0, 0.05) is 103 Å². The number of anilines is 8. The summed E-state index contributed by atoms with van der Waals surface area (Å²) in [6.45, 7) is 22.6. The first-order chi connectivity index (χ1) is 69.1. The third-order valence-electron chi connectivity index (χ3n) is 25.3. The summed E-state index contributed by atoms with van der Waals surface area (Å²) in [5.41, 5.74) is 15.7. The smallest absolute Gasteiger partial charge is 0.341 e. The molecule has 3 aliphatic carbocycles. The summed E-state index contributed by atoms with van der Waals surface area (Å²) in [7, 11) is 1.49. The summed E-state index contributed by atoms with van der Waals surface area (Å²) < 4.78 is 25.0. The van der Waals surface area contributed by atoms with E-state index in [1.165, 1.54) is 38.4 Å². The SMILES string of the molecule is CCCCCCCCOc1cc(Nc2c(Cl)cc(NCCCC)cc2Cl)c2c3c(cc(-c4cc(Cl)ccc4O)nc13)-c1ccccc1C2=O.CCOC(=O)c1c(-c2ccc(C)cc2NC(=O)NC)nc2c(OC(C)C)cc(Nc3c(Cl)cc(Cl)cc3C(=O)O)c3c2c1-c1ccccc1C3=O.Cc1cccc(O)c1Nc1cc(OC(C)(C)C)c2nc(-c3cc4ccccc4cc3O)c(C)c3c2c1C(=O)c1ccccc1-3. The number of nitrogens with zero attached hydrogens (tertiary/aromatic N) is 3. The van der Waals surface area contributed by atoms with Gasteiger partial charge in [-0.15, -0.1) is 0 Å². The average Bonchev–Trinajstić information content (AvgIpc) is 0.713. The lowest BCUT2D eigenvalue weighted by molar-refractivity contribution is 0.0526. The number of halogens is 5. The Morgan fingerprint density at radius 3 is 1.64 bits per heavy atom. The maximum absolute atomic E-state index is 14.6. The van der Waals surface area contributed by atoms with E-state index in [0.29, 0.717) is 145 Å². The number of benzene rings is 13. The van der Waals surface area contributed by atoms with E-state index >= 15 is 0 Å². The number of phenols is 3. The summed E-state index contributed by atoms with van der Waals surface area (Å²) in [6.07, 6.45) is 8.41. The molecule has 0 saturated heterocycles. The first-order valence-corrected chi connectivity index (χ1v) is 49.6. The summed E-state index contributed by atoms with van der Waals surface area (Å²) in [5.74, 6) is -1.24. The largest absolute Gasteiger partial charge is 0.507 e. The molecule has 0 bridgehead atoms. The van der Waals surface area contributed by atoms with Gasteiger partial charge in [0.15, 0.2) is 17.3 Å². The number of hydrogen-bond donors (Lipinski definition) is 10. The molecule has 3 heterocycles. The molecular formula is C116H104Cl5N9O14. The van der Waals surface area contributed by atoms with Gasteiger partial charge in [0.05, 0.1) is 119 Å². The number of hydrogen-bond acceptors (Lipinski definition) is 20. The van der Waals surface area contributed by atoms with Crippen LogP contribution in [0, 0.1) is 20.8 Å². The van der Waals surface area contributed by atoms with E-state index in [1.807, 2.05) is 171 Å². The number of urea groups is 1. The van der Waals surface area contributed by atoms with Gasteiger partial charge in [-0.25, -0.2) is 29.3 Å². The number of ether oxygens (including phenoxy) is 4. The summed E-state index contributed by atoms with van der Waals surface area (Å²) in [5, 5.41) is 66.6. The van der Waals surface area contributed by atoms with Gasteiger partial charge in [-0.05, 0) is 203 Å². The quantitative estimate of drug-likeness (QED) is 0.0124. The molecule has 144 heavy (non-hydrogen) atoms. The number of phenolic OH excluding ortho intramolecular Hbond substituents is 3. The van der Waals surface area contributed by atoms with Crippen molar-refractivity contribution in [2.75, 3.05) is 53.4 Å². The summed E-state index contributed by atoms with van der Waals surface area (Å²) >= 11 is 32.8. The number of carbonyl (C=O) groups excluding carboxylic acids is 5. The fourth-order valence-electron chi connectivity index (χ4n) is 18.7. The standard InChI is InChI=1S/C40H40Cl3N3O3.C38H32Cl2N4O7.C38H32N2O4/c1-3-5-7-8-9-12-18-49-35-23-33(46-38-30(42)20-25(21-31(38)43)44-17-6-4-2)37-36-28(26-13-10-11-14-27(26)40(37)48)22-32(45-39(35)36)29-19-24(41)15-16-34(29)47;1-6-50-37(48)31-28-20-9-7-8-10-21(20)35(45)29-26(42-32-23(36(46)47)14-19(39)15-24(32)40)16-27(51-17(2)3)34(30(28)29)44-33(31)22-12-11-18(4)13-25(22)43-38(49)41-5;1-20-11-10-16-28(41)34(20)39-27-19-30(44-38(3,4)5)36-33-31(24-14-8-9-15-25(24)37(43)32(27)33)21(2)35(40-36)26-17-22-12-6-7-13-23(22)18-29(26)42/h10-11,13-16,19-23,44,46-47H,3-9,12,17-18H2,1-2H3;7-17,42H,6H2,1-5H3,(H,46,47)(H2,41,43,49);6-19,39,41-42H,1-5H3. The van der Waals surface area contributed by atoms with Crippen LogP contribution in [0.1, 0.15) is 192 Å². The Labute approximate surface area is 857 Å². The number of para-hydroxylation sites is 1. The van der Waals surface area contributed by atoms with Crippen LogP contribution in [0.2, 0.25) is 25.1 Å². The highest BCUT2D eigenvalue weighted by Crippen LogP contribution is 2.56. The molecule has 3 aliphatic rings. The molecule has 0 atom stereocenters. The lowest BCUT2D eigenvalue weighted by Gasteiger charge is -2.29. The van der Waals surface area contributed by atoms with Crippen LogP contribution < -0.4 is 46.1 Å². The van der Waals surface area contributed by atoms with Crippen LogP contribution in [0.4, 0.5) is 50.3 Å². The molecule has 0 fully saturated rings. The first kappa shape index (κ1) is 101. The third kappa shape index (κ3) is 20.1. The molecule has 732 valence electrons. The van der Waals surface area contributed by atoms with Gasteiger partial charge >= 0.3 is 18.0 Å². The zero-order valence-electron chi connectivity index (χ0n) is 81.2. The highest BCUT2D eigenvalue weighted by atomic mass is 35.5. The number of nitrogens with one attached hydrogen (secondary N) is 6. The van der Waals surface area contributed by atoms with Gasteiger partial charge in [-0.2, -0.15) is 0 Å². The number of unbranched alkanes of at least 4 members (excludes halogenated alkanes) is 6. The molecule has 28 heteroatoms. The molecule has 23 nitrogen and oxygen atoms in total. The van der Waals surface area contributed by atoms with Gasteiger partial charge in [0.1, 0.15) is 56.6 Å². The van der Waals surface area contributed by atoms with Crippen LogP contribution in [-0.4, -0.2) is 109 Å². The van der Waals surface area contributed by atoms with E-state index < -0.39 is 29.4 Å². The molecule has 19 rings (SSSR count). The Hall–Kier alpha value is -15.0. The second-order valence-corrected chi connectivity index (χ2v) is 38.9. The molecule has 2 amide bonds. The Morgan fingerprint density at radius 1 is 0.451 bits per heavy atom. The monoisotopic (exact) mass is 2020 g/mol. The predicted octanol–water partition coefficient (Wildman–Crippen LogP) is 30.6. The second-order valence-electron chi connectivity index (χ2n) is 36.8. The van der Waals surface area contributed by atoms with Gasteiger partial charge in [-0.3, -0.25) is 14.4 Å². The van der Waals surface area contributed by atoms with Crippen LogP contribution in [0.25, 0.3) is 111 Å². The fourth-order valence-corrected chi connectivity index (χ4v) is 20.0. The van der Waals surface area contributed by atoms with E-state index in [0.717, 1.165) is 94.1 Å². The Morgan fingerprint density at radius 2 is 1.01 bits per heavy atom. The topological polar surface area (TPSA) is 331 Å². The lowest BCUT2D eigenvalue weighted by Crippen LogP contribution is -2.25. The van der Waals surface area contributed by atoms with Crippen molar-refractivity contribution in [3.63, 3.8) is 0 Å². The van der Waals surface area contributed by atoms with Crippen molar-refractivity contribution in [2.24, 2.45) is 0 Å². The molecule has 0 saturated carbocycles. The number of ketones is 3. The predicted molar refractivity (Wildman–Crippen MR) is 578 cm³/mol. The van der Waals surface area contributed by atoms with Crippen molar-refractivity contribution < 1.29 is 68.1 Å². The summed E-state index contributed by atoms with van der Waals surface area (Å²) in [4.78, 5) is 97.7. The molecule has 13 aromatic carbocycles. The minimum Gasteiger partial charge on any atom is -0.507 e. The van der Waals surface area contributed by atoms with Gasteiger partial charge in [0.2, 0.25) is 0 Å². The molecule has 0 spiro atoms. The van der Waals surface area contributed by atoms with Crippen molar-refractivity contribution in [1.29, 1.82) is 0 Å². The Bertz CT molecular complexity index is 7910. The van der Waals surface area contributed by atoms with E-state index in [1.54, 1.807) is 91.9 Å². The van der Waals surface area contributed by atoms with Crippen molar-refractivity contribution in [3.8, 4) is 102 Å². The number of fused-ring (bicyclic) bond motifs is 7. The number of carboxylic acids is 1. The minimum absolute atomic E-state index is 0.00129. The van der Waals surface area contributed by atoms with E-state index in [-0.39, 0.29) is 108 Å². The number of amides is 2. The number of aromatic hydroxyl groups is 3. The third-order valence-corrected chi connectivity index (χ3v) is 26.6. The molecule has 0 unspecified atom stereocenters. The number of aryl methyl sites for hydroxylation is 2. The number of aromatic carboxylic acids is 1. The second kappa shape index (κ2) is 42.3. The number of rotatable bonds is 28. The number of carbonyl (C=O) groups is 6. The molecular weight excluding hydrogens is 1920 g/mol. The molecule has 0 aliphatic heterocycles. The zero-order valence-corrected chi connectivity index (χ0v) is 84.9. The highest BCUT2D eigenvalue weighted by molar-refractivity contribution is 6.41. The van der Waals surface area contributed by atoms with Gasteiger partial charge in [0.25, 0.3) is 0 Å². The highest BCUT2D eigenvalue weighted by Gasteiger charge is 2.40. The van der Waals surface area contributed by atoms with E-state index in [4.69, 9.17) is 91.9 Å². The molecule has 10 N–H and O–H groups in total. The Kier molecular flexibility index (Phi) is 29.5. The fraction of sp³-hybridized carbons (Fsp3) is 0.216. The van der Waals surface area contributed by atoms with Crippen molar-refractivity contribution >= 4 is 182 Å². The van der Waals surface area contributed by atoms with Crippen LogP contribution >= 0.6 is 58.0 Å². The number of esters is 1. The van der Waals surface area contributed by atoms with Crippen molar-refractivity contribution in [3.05, 3.63) is 299 Å². The van der Waals surface area contributed by atoms with Gasteiger partial charge in [-0.1, -0.05) is 232 Å². The van der Waals surface area contributed by atoms with Crippen molar-refractivity contribution in [2.45, 2.75) is 139 Å². The van der Waals surface area contributed by atoms with E-state index in [2.05, 4.69) is 45.7 Å². The number of carboxylic acid groups (broad SMARTS) is 1. The van der Waals surface area contributed by atoms with Crippen molar-refractivity contribution in [1.82, 2.24) is 20.3 Å². The summed E-state index contributed by atoms with van der Waals surface area (Å²) in [6, 6.07) is 62.0. The molecule has 16 aromatic rings. The normalized spacial score (nSPS) is 12.0. The van der Waals surface area contributed by atoms with Crippen LogP contribution in [0.3, 0.4) is 0 Å². The first-order valence-electron chi connectivity index (χ1n) is 47.7. The number of aromatic nitrogens is 3. The molecule has 3 aromatic heterocycles. The van der Waals surface area contributed by atoms with Crippen LogP contribution in [-0.2, 0) is 4.74 Å². The maximum atomic E-state index is 14.6. The zero-order chi connectivity index (χ0) is 102. The molecule has 0 radical (unpaired) electrons. The van der Waals surface area contributed by atoms with Gasteiger partial charge < -0.3 is 71.3 Å². The lowest BCUT2D eigenvalue weighted by atomic mass is 9.79. The average molecular weight is 2030 g/mol. The minimum atomic E-state index is -1.30. The van der Waals surface area contributed by atoms with Crippen LogP contribution in [0.5, 0.6) is 34.5 Å².